The minimum absolute atomic E-state index is 0.0396. The van der Waals surface area contributed by atoms with E-state index in [1.165, 1.54) is 4.90 Å². The highest BCUT2D eigenvalue weighted by molar-refractivity contribution is 7.92. The molecule has 0 aliphatic rings. The maximum Gasteiger partial charge on any atom is 0.244 e. The van der Waals surface area contributed by atoms with Crippen LogP contribution in [0.2, 0.25) is 10.0 Å². The summed E-state index contributed by atoms with van der Waals surface area (Å²) >= 11 is 12.2. The van der Waals surface area contributed by atoms with Gasteiger partial charge in [0.15, 0.2) is 0 Å². The lowest BCUT2D eigenvalue weighted by molar-refractivity contribution is -0.139. The Morgan fingerprint density at radius 1 is 0.973 bits per heavy atom. The van der Waals surface area contributed by atoms with Crippen LogP contribution < -0.4 is 9.62 Å². The maximum atomic E-state index is 13.7. The van der Waals surface area contributed by atoms with E-state index in [4.69, 9.17) is 23.2 Å². The third-order valence-electron chi connectivity index (χ3n) is 6.22. The standard InChI is InChI=1S/C27H31Cl2N3O4S/c1-5-18(2)30-27(34)19(3)31(16-20-13-14-23(28)24(29)15-20)26(33)17-32(37(4,35)36)25-12-8-10-21-9-6-7-11-22(21)25/h6-15,18-19H,5,16-17H2,1-4H3,(H,30,34). The number of rotatable bonds is 10. The van der Waals surface area contributed by atoms with Gasteiger partial charge in [-0.3, -0.25) is 13.9 Å². The summed E-state index contributed by atoms with van der Waals surface area (Å²) < 4.78 is 26.9. The molecular weight excluding hydrogens is 533 g/mol. The number of nitrogens with zero attached hydrogens (tertiary/aromatic N) is 2. The second-order valence-corrected chi connectivity index (χ2v) is 11.8. The smallest absolute Gasteiger partial charge is 0.244 e. The van der Waals surface area contributed by atoms with Gasteiger partial charge in [-0.05, 0) is 49.4 Å². The van der Waals surface area contributed by atoms with Crippen LogP contribution in [-0.2, 0) is 26.2 Å². The van der Waals surface area contributed by atoms with Crippen LogP contribution in [0.4, 0.5) is 5.69 Å². The first-order valence-corrected chi connectivity index (χ1v) is 14.5. The minimum atomic E-state index is -3.85. The number of halogens is 2. The van der Waals surface area contributed by atoms with Crippen LogP contribution in [0.15, 0.2) is 60.7 Å². The molecule has 2 amide bonds. The number of anilines is 1. The maximum absolute atomic E-state index is 13.7. The van der Waals surface area contributed by atoms with Gasteiger partial charge < -0.3 is 10.2 Å². The average molecular weight is 565 g/mol. The van der Waals surface area contributed by atoms with Crippen molar-refractivity contribution in [2.24, 2.45) is 0 Å². The van der Waals surface area contributed by atoms with Crippen molar-refractivity contribution in [2.75, 3.05) is 17.1 Å². The lowest BCUT2D eigenvalue weighted by Crippen LogP contribution is -2.52. The van der Waals surface area contributed by atoms with E-state index < -0.39 is 28.5 Å². The Morgan fingerprint density at radius 3 is 2.30 bits per heavy atom. The molecule has 0 spiro atoms. The van der Waals surface area contributed by atoms with E-state index >= 15 is 0 Å². The van der Waals surface area contributed by atoms with Gasteiger partial charge in [0.05, 0.1) is 22.0 Å². The fourth-order valence-electron chi connectivity index (χ4n) is 3.90. The molecule has 0 aliphatic heterocycles. The summed E-state index contributed by atoms with van der Waals surface area (Å²) in [6.45, 7) is 5.01. The molecule has 198 valence electrons. The zero-order chi connectivity index (χ0) is 27.3. The Morgan fingerprint density at radius 2 is 1.65 bits per heavy atom. The molecule has 0 radical (unpaired) electrons. The molecule has 2 atom stereocenters. The normalized spacial score (nSPS) is 13.1. The van der Waals surface area contributed by atoms with Crippen molar-refractivity contribution < 1.29 is 18.0 Å². The molecule has 2 unspecified atom stereocenters. The molecular formula is C27H31Cl2N3O4S. The number of sulfonamides is 1. The number of carbonyl (C=O) groups excluding carboxylic acids is 2. The van der Waals surface area contributed by atoms with Crippen LogP contribution in [0.3, 0.4) is 0 Å². The number of hydrogen-bond acceptors (Lipinski definition) is 4. The van der Waals surface area contributed by atoms with E-state index in [2.05, 4.69) is 5.32 Å². The van der Waals surface area contributed by atoms with Crippen LogP contribution in [0, 0.1) is 0 Å². The predicted octanol–water partition coefficient (Wildman–Crippen LogP) is 5.24. The van der Waals surface area contributed by atoms with Gasteiger partial charge in [-0.2, -0.15) is 0 Å². The minimum Gasteiger partial charge on any atom is -0.352 e. The summed E-state index contributed by atoms with van der Waals surface area (Å²) in [6.07, 6.45) is 1.78. The summed E-state index contributed by atoms with van der Waals surface area (Å²) in [6, 6.07) is 16.6. The second-order valence-electron chi connectivity index (χ2n) is 9.03. The van der Waals surface area contributed by atoms with Gasteiger partial charge in [0.2, 0.25) is 21.8 Å². The predicted molar refractivity (Wildman–Crippen MR) is 151 cm³/mol. The van der Waals surface area contributed by atoms with E-state index in [-0.39, 0.29) is 18.5 Å². The molecule has 10 heteroatoms. The Kier molecular flexibility index (Phi) is 9.45. The van der Waals surface area contributed by atoms with Crippen LogP contribution >= 0.6 is 23.2 Å². The summed E-state index contributed by atoms with van der Waals surface area (Å²) in [5, 5.41) is 5.12. The van der Waals surface area contributed by atoms with E-state index in [1.807, 2.05) is 44.2 Å². The third kappa shape index (κ3) is 7.15. The fraction of sp³-hybridized carbons (Fsp3) is 0.333. The molecule has 0 aliphatic carbocycles. The average Bonchev–Trinajstić information content (AvgIpc) is 2.86. The zero-order valence-electron chi connectivity index (χ0n) is 21.2. The lowest BCUT2D eigenvalue weighted by atomic mass is 10.1. The van der Waals surface area contributed by atoms with Gasteiger partial charge in [-0.15, -0.1) is 0 Å². The molecule has 0 aromatic heterocycles. The zero-order valence-corrected chi connectivity index (χ0v) is 23.6. The van der Waals surface area contributed by atoms with Crippen molar-refractivity contribution in [1.29, 1.82) is 0 Å². The Bertz CT molecular complexity index is 1390. The number of nitrogens with one attached hydrogen (secondary N) is 1. The number of hydrogen-bond donors (Lipinski definition) is 1. The fourth-order valence-corrected chi connectivity index (χ4v) is 5.09. The van der Waals surface area contributed by atoms with Gasteiger partial charge >= 0.3 is 0 Å². The summed E-state index contributed by atoms with van der Waals surface area (Å²) in [5.74, 6) is -0.866. The largest absolute Gasteiger partial charge is 0.352 e. The third-order valence-corrected chi connectivity index (χ3v) is 8.09. The van der Waals surface area contributed by atoms with Crippen molar-refractivity contribution in [3.8, 4) is 0 Å². The molecule has 0 heterocycles. The van der Waals surface area contributed by atoms with Crippen molar-refractivity contribution in [3.63, 3.8) is 0 Å². The first-order valence-electron chi connectivity index (χ1n) is 11.9. The molecule has 3 rings (SSSR count). The highest BCUT2D eigenvalue weighted by Gasteiger charge is 2.31. The molecule has 3 aromatic rings. The Balaban J connectivity index is 2.00. The van der Waals surface area contributed by atoms with Crippen molar-refractivity contribution in [3.05, 3.63) is 76.3 Å². The Labute approximate surface area is 228 Å². The lowest BCUT2D eigenvalue weighted by Gasteiger charge is -2.32. The van der Waals surface area contributed by atoms with Gasteiger partial charge in [0.1, 0.15) is 12.6 Å². The molecule has 0 saturated heterocycles. The number of carbonyl (C=O) groups is 2. The molecule has 7 nitrogen and oxygen atoms in total. The topological polar surface area (TPSA) is 86.8 Å². The van der Waals surface area contributed by atoms with Gasteiger partial charge in [0, 0.05) is 18.0 Å². The van der Waals surface area contributed by atoms with Crippen LogP contribution in [0.1, 0.15) is 32.8 Å². The van der Waals surface area contributed by atoms with Gasteiger partial charge in [0.25, 0.3) is 0 Å². The molecule has 0 bridgehead atoms. The molecule has 3 aromatic carbocycles. The molecule has 37 heavy (non-hydrogen) atoms. The van der Waals surface area contributed by atoms with E-state index in [0.717, 1.165) is 22.4 Å². The monoisotopic (exact) mass is 563 g/mol. The quantitative estimate of drug-likeness (QED) is 0.365. The highest BCUT2D eigenvalue weighted by atomic mass is 35.5. The van der Waals surface area contributed by atoms with Crippen molar-refractivity contribution in [1.82, 2.24) is 10.2 Å². The SMILES string of the molecule is CCC(C)NC(=O)C(C)N(Cc1ccc(Cl)c(Cl)c1)C(=O)CN(c1cccc2ccccc12)S(C)(=O)=O. The molecule has 0 fully saturated rings. The summed E-state index contributed by atoms with van der Waals surface area (Å²) in [5.41, 5.74) is 1.04. The van der Waals surface area contributed by atoms with Gasteiger partial charge in [-0.1, -0.05) is 72.6 Å². The molecule has 1 N–H and O–H groups in total. The first kappa shape index (κ1) is 28.8. The second kappa shape index (κ2) is 12.2. The highest BCUT2D eigenvalue weighted by Crippen LogP contribution is 2.29. The number of benzene rings is 3. The van der Waals surface area contributed by atoms with E-state index in [0.29, 0.717) is 26.7 Å². The van der Waals surface area contributed by atoms with Crippen LogP contribution in [-0.4, -0.2) is 50.0 Å². The summed E-state index contributed by atoms with van der Waals surface area (Å²) in [4.78, 5) is 28.1. The van der Waals surface area contributed by atoms with Crippen LogP contribution in [0.25, 0.3) is 10.8 Å². The number of amides is 2. The van der Waals surface area contributed by atoms with Crippen LogP contribution in [0.5, 0.6) is 0 Å². The van der Waals surface area contributed by atoms with Crippen molar-refractivity contribution >= 4 is 61.5 Å². The summed E-state index contributed by atoms with van der Waals surface area (Å²) in [7, 11) is -3.85. The number of fused-ring (bicyclic) bond motifs is 1. The first-order chi connectivity index (χ1) is 17.4. The van der Waals surface area contributed by atoms with Crippen molar-refractivity contribution in [2.45, 2.75) is 45.8 Å². The Hall–Kier alpha value is -2.81. The van der Waals surface area contributed by atoms with E-state index in [9.17, 15) is 18.0 Å². The van der Waals surface area contributed by atoms with Gasteiger partial charge in [-0.25, -0.2) is 8.42 Å². The van der Waals surface area contributed by atoms with E-state index in [1.54, 1.807) is 37.3 Å². The molecule has 0 saturated carbocycles.